The number of hydrogen-bond donors (Lipinski definition) is 10. The van der Waals surface area contributed by atoms with Gasteiger partial charge in [0.05, 0.1) is 22.7 Å². The average Bonchev–Trinajstić information content (AvgIpc) is 1.64. The Labute approximate surface area is 521 Å². The van der Waals surface area contributed by atoms with Crippen LogP contribution in [-0.2, 0) is 51.9 Å². The number of aromatic nitrogens is 10. The minimum atomic E-state index is -0.704. The van der Waals surface area contributed by atoms with E-state index in [0.29, 0.717) is 57.0 Å². The molecule has 1 unspecified atom stereocenters. The molecule has 10 aromatic rings. The van der Waals surface area contributed by atoms with E-state index in [9.17, 15) is 48.3 Å². The smallest absolute Gasteiger partial charge is 0.292 e. The molecule has 11 rings (SSSR count). The Kier molecular flexibility index (Phi) is 16.6. The van der Waals surface area contributed by atoms with Gasteiger partial charge in [-0.25, -0.2) is 15.0 Å². The molecule has 7 aromatic heterocycles. The van der Waals surface area contributed by atoms with Crippen LogP contribution >= 0.6 is 11.6 Å². The molecular formula is C61H60ClN19O10. The fourth-order valence-corrected chi connectivity index (χ4v) is 11.1. The van der Waals surface area contributed by atoms with Gasteiger partial charge < -0.3 is 84.9 Å². The van der Waals surface area contributed by atoms with Gasteiger partial charge in [0.15, 0.2) is 17.5 Å². The van der Waals surface area contributed by atoms with E-state index in [1.807, 2.05) is 24.3 Å². The topological polar surface area (TPSA) is 357 Å². The van der Waals surface area contributed by atoms with Gasteiger partial charge in [0.1, 0.15) is 28.5 Å². The van der Waals surface area contributed by atoms with E-state index in [4.69, 9.17) is 11.6 Å². The van der Waals surface area contributed by atoms with E-state index in [0.717, 1.165) is 10.9 Å². The number of H-pyrrole nitrogens is 1. The molecule has 1 aliphatic heterocycles. The van der Waals surface area contributed by atoms with Crippen molar-refractivity contribution in [1.82, 2.24) is 52.7 Å². The van der Waals surface area contributed by atoms with Crippen molar-refractivity contribution in [2.75, 3.05) is 61.1 Å². The third-order valence-corrected chi connectivity index (χ3v) is 15.5. The molecule has 9 amide bonds. The summed E-state index contributed by atoms with van der Waals surface area (Å²) in [6, 6.07) is 20.4. The second kappa shape index (κ2) is 24.8. The van der Waals surface area contributed by atoms with Crippen molar-refractivity contribution >= 4 is 132 Å². The molecule has 30 heteroatoms. The number of carbonyl (C=O) groups is 9. The SMILES string of the molecule is CC(=O)Nc1cc(C(=O)Nc2cc(C(=O)Nc3cc(C(=O)NCCCC(=O)Nc4cn(C)c(C(=O)Nc5cn(C)c(C(=O)Nc6cn(C)c(C(=O)Nc7ccc8[nH]c(C(=O)N9CC(CCl)c%10c9cc(O)c9ccccc%109)cc8c7)n6)n5)n4)n(C)c3)n(C)c2)n(C)c1. The monoisotopic (exact) mass is 1250 g/mol. The molecule has 1 aliphatic rings. The van der Waals surface area contributed by atoms with Gasteiger partial charge in [-0.05, 0) is 59.8 Å². The number of carbonyl (C=O) groups excluding carboxylic acids is 9. The molecule has 0 saturated heterocycles. The number of hydrogen-bond acceptors (Lipinski definition) is 13. The summed E-state index contributed by atoms with van der Waals surface area (Å²) in [5.41, 5.74) is 4.72. The molecule has 8 heterocycles. The van der Waals surface area contributed by atoms with Crippen molar-refractivity contribution in [3.05, 3.63) is 156 Å². The number of amides is 9. The zero-order valence-electron chi connectivity index (χ0n) is 50.0. The van der Waals surface area contributed by atoms with Gasteiger partial charge in [0, 0.05) is 146 Å². The van der Waals surface area contributed by atoms with Gasteiger partial charge in [0.2, 0.25) is 29.3 Å². The number of phenols is 1. The fourth-order valence-electron chi connectivity index (χ4n) is 10.9. The molecule has 466 valence electrons. The Morgan fingerprint density at radius 1 is 0.549 bits per heavy atom. The lowest BCUT2D eigenvalue weighted by Gasteiger charge is -2.17. The van der Waals surface area contributed by atoms with Crippen molar-refractivity contribution in [2.45, 2.75) is 25.7 Å². The summed E-state index contributed by atoms with van der Waals surface area (Å²) < 4.78 is 8.83. The van der Waals surface area contributed by atoms with Gasteiger partial charge in [-0.15, -0.1) is 11.6 Å². The van der Waals surface area contributed by atoms with E-state index in [-0.39, 0.29) is 101 Å². The highest BCUT2D eigenvalue weighted by molar-refractivity contribution is 6.19. The summed E-state index contributed by atoms with van der Waals surface area (Å²) in [7, 11) is 9.60. The number of nitrogens with one attached hydrogen (secondary N) is 9. The Morgan fingerprint density at radius 2 is 1.04 bits per heavy atom. The number of anilines is 8. The fraction of sp³-hybridized carbons (Fsp3) is 0.213. The lowest BCUT2D eigenvalue weighted by Crippen LogP contribution is -2.30. The zero-order valence-corrected chi connectivity index (χ0v) is 50.7. The molecule has 1 atom stereocenters. The van der Waals surface area contributed by atoms with Crippen LogP contribution < -0.4 is 47.4 Å². The number of nitrogens with zero attached hydrogens (tertiary/aromatic N) is 10. The maximum Gasteiger partial charge on any atom is 0.292 e. The van der Waals surface area contributed by atoms with Crippen LogP contribution in [0.4, 0.5) is 45.9 Å². The van der Waals surface area contributed by atoms with Crippen LogP contribution in [0.2, 0.25) is 0 Å². The third kappa shape index (κ3) is 12.7. The minimum Gasteiger partial charge on any atom is -0.507 e. The number of phenolic OH excluding ortho intramolecular Hbond substituents is 1. The zero-order chi connectivity index (χ0) is 64.7. The van der Waals surface area contributed by atoms with Crippen LogP contribution in [0.3, 0.4) is 0 Å². The molecule has 0 aliphatic carbocycles. The summed E-state index contributed by atoms with van der Waals surface area (Å²) in [6.07, 6.45) is 9.25. The Hall–Kier alpha value is -11.8. The quantitative estimate of drug-likeness (QED) is 0.0302. The highest BCUT2D eigenvalue weighted by atomic mass is 35.5. The van der Waals surface area contributed by atoms with Crippen LogP contribution in [0.15, 0.2) is 110 Å². The van der Waals surface area contributed by atoms with E-state index >= 15 is 0 Å². The molecule has 0 bridgehead atoms. The van der Waals surface area contributed by atoms with Crippen molar-refractivity contribution < 1.29 is 48.3 Å². The molecule has 0 spiro atoms. The number of imidazole rings is 3. The van der Waals surface area contributed by atoms with Crippen molar-refractivity contribution in [1.29, 1.82) is 0 Å². The molecule has 29 nitrogen and oxygen atoms in total. The predicted molar refractivity (Wildman–Crippen MR) is 339 cm³/mol. The number of aryl methyl sites for hydroxylation is 6. The number of rotatable bonds is 19. The van der Waals surface area contributed by atoms with Crippen LogP contribution in [0.1, 0.15) is 105 Å². The predicted octanol–water partition coefficient (Wildman–Crippen LogP) is 6.59. The Bertz CT molecular complexity index is 4650. The normalized spacial score (nSPS) is 12.6. The third-order valence-electron chi connectivity index (χ3n) is 15.1. The van der Waals surface area contributed by atoms with Gasteiger partial charge in [-0.1, -0.05) is 24.3 Å². The number of fused-ring (bicyclic) bond motifs is 4. The average molecular weight is 1250 g/mol. The molecule has 0 fully saturated rings. The molecule has 10 N–H and O–H groups in total. The van der Waals surface area contributed by atoms with Gasteiger partial charge in [-0.3, -0.25) is 43.2 Å². The molecule has 0 radical (unpaired) electrons. The summed E-state index contributed by atoms with van der Waals surface area (Å²) in [5.74, 6) is -4.36. The highest BCUT2D eigenvalue weighted by Gasteiger charge is 2.36. The van der Waals surface area contributed by atoms with E-state index in [1.54, 1.807) is 101 Å². The van der Waals surface area contributed by atoms with Crippen molar-refractivity contribution in [3.63, 3.8) is 0 Å². The van der Waals surface area contributed by atoms with Crippen LogP contribution in [0.25, 0.3) is 21.7 Å². The Morgan fingerprint density at radius 3 is 1.58 bits per heavy atom. The first-order chi connectivity index (χ1) is 43.5. The van der Waals surface area contributed by atoms with Crippen molar-refractivity contribution in [2.24, 2.45) is 42.3 Å². The van der Waals surface area contributed by atoms with Crippen LogP contribution in [0, 0.1) is 0 Å². The lowest BCUT2D eigenvalue weighted by molar-refractivity contribution is -0.116. The minimum absolute atomic E-state index is 0.00673. The summed E-state index contributed by atoms with van der Waals surface area (Å²) in [5, 5.41) is 34.7. The van der Waals surface area contributed by atoms with Crippen molar-refractivity contribution in [3.8, 4) is 5.75 Å². The second-order valence-corrected chi connectivity index (χ2v) is 22.2. The first-order valence-corrected chi connectivity index (χ1v) is 28.8. The van der Waals surface area contributed by atoms with Crippen LogP contribution in [-0.4, -0.2) is 125 Å². The first-order valence-electron chi connectivity index (χ1n) is 28.3. The standard InChI is InChI=1S/C61H60ClN19O10/c1-31(82)64-35-19-44(76(3)25-35)56(86)67-37-21-45(77(4)27-37)57(87)66-36-20-43(75(2)26-36)55(85)63-16-10-13-50(84)69-47-28-78(5)53(70-47)59(89)74-49-30-80(7)54(72-49)60(90)73-48-29-79(6)52(71-48)58(88)65-34-14-15-40-32(17-34)18-41(68-40)61(91)81-24-33(23-62)51-39-12-9-8-11-38(39)46(83)22-42(51)81/h8-9,11-12,14-15,17-22,25-30,33,68,83H,10,13,16,23-24H2,1-7H3,(H,63,85)(H,64,82)(H,65,88)(H,66,87)(H,67,86)(H,69,84)(H,73,90)(H,74,89). The van der Waals surface area contributed by atoms with Gasteiger partial charge in [-0.2, -0.15) is 0 Å². The molecule has 91 heavy (non-hydrogen) atoms. The van der Waals surface area contributed by atoms with E-state index in [2.05, 4.69) is 62.5 Å². The van der Waals surface area contributed by atoms with Gasteiger partial charge in [0.25, 0.3) is 41.4 Å². The first kappa shape index (κ1) is 60.9. The highest BCUT2D eigenvalue weighted by Crippen LogP contribution is 2.46. The summed E-state index contributed by atoms with van der Waals surface area (Å²) >= 11 is 6.41. The molecular weight excluding hydrogens is 1190 g/mol. The van der Waals surface area contributed by atoms with E-state index < -0.39 is 41.4 Å². The summed E-state index contributed by atoms with van der Waals surface area (Å²) in [4.78, 5) is 136. The Balaban J connectivity index is 0.627. The van der Waals surface area contributed by atoms with Crippen LogP contribution in [0.5, 0.6) is 5.75 Å². The number of aromatic amines is 1. The second-order valence-electron chi connectivity index (χ2n) is 21.8. The maximum absolute atomic E-state index is 14.0. The summed E-state index contributed by atoms with van der Waals surface area (Å²) in [6.45, 7) is 1.81. The number of halogens is 1. The maximum atomic E-state index is 14.0. The molecule has 3 aromatic carbocycles. The van der Waals surface area contributed by atoms with Gasteiger partial charge >= 0.3 is 0 Å². The van der Waals surface area contributed by atoms with E-state index in [1.165, 1.54) is 66.5 Å². The number of aromatic hydroxyl groups is 1. The number of alkyl halides is 1. The number of benzene rings is 3. The molecule has 0 saturated carbocycles. The lowest BCUT2D eigenvalue weighted by atomic mass is 9.95. The largest absolute Gasteiger partial charge is 0.507 e.